The number of benzene rings is 1. The van der Waals surface area contributed by atoms with Crippen LogP contribution in [0.3, 0.4) is 0 Å². The summed E-state index contributed by atoms with van der Waals surface area (Å²) in [5.74, 6) is 1.59. The molecule has 2 heterocycles. The molecule has 0 unspecified atom stereocenters. The Labute approximate surface area is 150 Å². The van der Waals surface area contributed by atoms with Gasteiger partial charge in [-0.2, -0.15) is 11.8 Å². The second-order valence-electron chi connectivity index (χ2n) is 6.62. The van der Waals surface area contributed by atoms with Crippen LogP contribution in [0.4, 0.5) is 0 Å². The Morgan fingerprint density at radius 2 is 2.24 bits per heavy atom. The fourth-order valence-electron chi connectivity index (χ4n) is 3.22. The number of nitrogens with zero attached hydrogens (tertiary/aromatic N) is 1. The number of ketones is 1. The first-order valence-electron chi connectivity index (χ1n) is 8.26. The minimum absolute atomic E-state index is 0.0554. The van der Waals surface area contributed by atoms with Crippen LogP contribution >= 0.6 is 11.8 Å². The number of carbonyl (C=O) groups is 3. The molecule has 1 aromatic carbocycles. The molecule has 3 rings (SSSR count). The summed E-state index contributed by atoms with van der Waals surface area (Å²) in [6.45, 7) is 1.35. The van der Waals surface area contributed by atoms with Crippen molar-refractivity contribution in [3.05, 3.63) is 29.8 Å². The van der Waals surface area contributed by atoms with E-state index in [-0.39, 0.29) is 37.2 Å². The summed E-state index contributed by atoms with van der Waals surface area (Å²) in [4.78, 5) is 37.3. The lowest BCUT2D eigenvalue weighted by Crippen LogP contribution is -2.41. The molecule has 0 aromatic heterocycles. The first-order valence-corrected chi connectivity index (χ1v) is 9.41. The molecule has 2 aliphatic rings. The molecule has 0 aliphatic carbocycles. The first kappa shape index (κ1) is 17.9. The van der Waals surface area contributed by atoms with E-state index < -0.39 is 11.5 Å². The zero-order valence-corrected chi connectivity index (χ0v) is 14.9. The van der Waals surface area contributed by atoms with Gasteiger partial charge < -0.3 is 9.84 Å². The second kappa shape index (κ2) is 7.17. The van der Waals surface area contributed by atoms with E-state index in [0.29, 0.717) is 17.1 Å². The van der Waals surface area contributed by atoms with Crippen molar-refractivity contribution in [2.75, 3.05) is 24.7 Å². The normalized spacial score (nSPS) is 24.2. The fraction of sp³-hybridized carbons (Fsp3) is 0.500. The first-order chi connectivity index (χ1) is 11.9. The molecular formula is C18H21NO5S. The summed E-state index contributed by atoms with van der Waals surface area (Å²) in [6, 6.07) is 6.68. The molecule has 6 nitrogen and oxygen atoms in total. The maximum atomic E-state index is 12.6. The molecule has 2 saturated heterocycles. The molecule has 2 aliphatic heterocycles. The Morgan fingerprint density at radius 3 is 2.92 bits per heavy atom. The SMILES string of the molecule is CC(=O)c1cccc(OC[C@@H](O)CN2C(=O)C[C@@]3(CCSC3)C2=O)c1. The number of hydrogen-bond acceptors (Lipinski definition) is 6. The van der Waals surface area contributed by atoms with Crippen molar-refractivity contribution in [1.29, 1.82) is 0 Å². The van der Waals surface area contributed by atoms with E-state index in [1.54, 1.807) is 36.0 Å². The molecule has 134 valence electrons. The number of aliphatic hydroxyl groups is 1. The van der Waals surface area contributed by atoms with E-state index in [9.17, 15) is 19.5 Å². The number of amides is 2. The molecule has 25 heavy (non-hydrogen) atoms. The zero-order valence-electron chi connectivity index (χ0n) is 14.1. The van der Waals surface area contributed by atoms with Gasteiger partial charge in [-0.15, -0.1) is 0 Å². The number of Topliss-reactive ketones (excluding diaryl/α,β-unsaturated/α-hetero) is 1. The van der Waals surface area contributed by atoms with Crippen LogP contribution in [0.1, 0.15) is 30.1 Å². The highest BCUT2D eigenvalue weighted by atomic mass is 32.2. The van der Waals surface area contributed by atoms with Crippen molar-refractivity contribution < 1.29 is 24.2 Å². The minimum Gasteiger partial charge on any atom is -0.491 e. The van der Waals surface area contributed by atoms with Crippen LogP contribution in [0.15, 0.2) is 24.3 Å². The van der Waals surface area contributed by atoms with Gasteiger partial charge in [-0.3, -0.25) is 19.3 Å². The number of rotatable bonds is 6. The molecule has 0 bridgehead atoms. The van der Waals surface area contributed by atoms with Crippen LogP contribution in [-0.2, 0) is 9.59 Å². The highest BCUT2D eigenvalue weighted by molar-refractivity contribution is 7.99. The van der Waals surface area contributed by atoms with Gasteiger partial charge in [0, 0.05) is 17.7 Å². The van der Waals surface area contributed by atoms with E-state index in [2.05, 4.69) is 0 Å². The Hall–Kier alpha value is -1.86. The number of carbonyl (C=O) groups excluding carboxylic acids is 3. The smallest absolute Gasteiger partial charge is 0.236 e. The largest absolute Gasteiger partial charge is 0.491 e. The van der Waals surface area contributed by atoms with Gasteiger partial charge in [0.15, 0.2) is 5.78 Å². The summed E-state index contributed by atoms with van der Waals surface area (Å²) in [5.41, 5.74) is -0.0319. The molecule has 7 heteroatoms. The second-order valence-corrected chi connectivity index (χ2v) is 7.72. The van der Waals surface area contributed by atoms with Crippen molar-refractivity contribution >= 4 is 29.4 Å². The van der Waals surface area contributed by atoms with E-state index in [1.807, 2.05) is 0 Å². The standard InChI is InChI=1S/C18H21NO5S/c1-12(20)13-3-2-4-15(7-13)24-10-14(21)9-19-16(22)8-18(17(19)23)5-6-25-11-18/h2-4,7,14,21H,5-6,8-11H2,1H3/t14-,18+/m0/s1. The number of ether oxygens (including phenoxy) is 1. The van der Waals surface area contributed by atoms with E-state index >= 15 is 0 Å². The summed E-state index contributed by atoms with van der Waals surface area (Å²) < 4.78 is 5.50. The van der Waals surface area contributed by atoms with Crippen LogP contribution in [0.5, 0.6) is 5.75 Å². The van der Waals surface area contributed by atoms with Crippen LogP contribution in [0.2, 0.25) is 0 Å². The van der Waals surface area contributed by atoms with E-state index in [4.69, 9.17) is 4.74 Å². The Bertz CT molecular complexity index is 698. The Balaban J connectivity index is 1.57. The quantitative estimate of drug-likeness (QED) is 0.609. The fourth-order valence-corrected chi connectivity index (χ4v) is 4.66. The minimum atomic E-state index is -0.974. The topological polar surface area (TPSA) is 83.9 Å². The Morgan fingerprint density at radius 1 is 1.44 bits per heavy atom. The number of imide groups is 1. The summed E-state index contributed by atoms with van der Waals surface area (Å²) in [7, 11) is 0. The van der Waals surface area contributed by atoms with Crippen LogP contribution in [0.25, 0.3) is 0 Å². The summed E-state index contributed by atoms with van der Waals surface area (Å²) >= 11 is 1.69. The monoisotopic (exact) mass is 363 g/mol. The predicted octanol–water partition coefficient (Wildman–Crippen LogP) is 1.51. The van der Waals surface area contributed by atoms with Crippen molar-refractivity contribution in [3.8, 4) is 5.75 Å². The van der Waals surface area contributed by atoms with Gasteiger partial charge in [0.25, 0.3) is 0 Å². The van der Waals surface area contributed by atoms with Crippen molar-refractivity contribution in [1.82, 2.24) is 4.90 Å². The third-order valence-corrected chi connectivity index (χ3v) is 5.92. The maximum absolute atomic E-state index is 12.6. The average molecular weight is 363 g/mol. The highest BCUT2D eigenvalue weighted by Crippen LogP contribution is 2.44. The molecule has 0 saturated carbocycles. The summed E-state index contributed by atoms with van der Waals surface area (Å²) in [5, 5.41) is 10.2. The van der Waals surface area contributed by atoms with Crippen LogP contribution in [-0.4, -0.2) is 58.4 Å². The average Bonchev–Trinajstić information content (AvgIpc) is 3.14. The van der Waals surface area contributed by atoms with Gasteiger partial charge in [0.1, 0.15) is 18.5 Å². The number of thioether (sulfide) groups is 1. The summed E-state index contributed by atoms with van der Waals surface area (Å²) in [6.07, 6.45) is -0.00550. The van der Waals surface area contributed by atoms with Crippen LogP contribution < -0.4 is 4.74 Å². The van der Waals surface area contributed by atoms with Crippen molar-refractivity contribution in [2.24, 2.45) is 5.41 Å². The van der Waals surface area contributed by atoms with Gasteiger partial charge in [0.2, 0.25) is 11.8 Å². The van der Waals surface area contributed by atoms with Crippen molar-refractivity contribution in [3.63, 3.8) is 0 Å². The third-order valence-electron chi connectivity index (χ3n) is 4.67. The lowest BCUT2D eigenvalue weighted by molar-refractivity contribution is -0.142. The Kier molecular flexibility index (Phi) is 5.15. The van der Waals surface area contributed by atoms with Gasteiger partial charge >= 0.3 is 0 Å². The molecule has 2 atom stereocenters. The van der Waals surface area contributed by atoms with Gasteiger partial charge in [-0.1, -0.05) is 12.1 Å². The van der Waals surface area contributed by atoms with E-state index in [1.165, 1.54) is 11.8 Å². The number of β-amino-alcohol motifs (C(OH)–C–C–N with tert-alkyl or cyclic N) is 1. The maximum Gasteiger partial charge on any atom is 0.236 e. The molecule has 1 spiro atoms. The lowest BCUT2D eigenvalue weighted by atomic mass is 9.86. The molecular weight excluding hydrogens is 342 g/mol. The predicted molar refractivity (Wildman–Crippen MR) is 93.7 cm³/mol. The molecule has 1 N–H and O–H groups in total. The molecule has 1 aromatic rings. The molecule has 0 radical (unpaired) electrons. The van der Waals surface area contributed by atoms with Gasteiger partial charge in [0.05, 0.1) is 12.0 Å². The van der Waals surface area contributed by atoms with Crippen LogP contribution in [0, 0.1) is 5.41 Å². The molecule has 2 fully saturated rings. The number of aliphatic hydroxyl groups excluding tert-OH is 1. The lowest BCUT2D eigenvalue weighted by Gasteiger charge is -2.22. The van der Waals surface area contributed by atoms with Crippen molar-refractivity contribution in [2.45, 2.75) is 25.9 Å². The number of likely N-dealkylation sites (tertiary alicyclic amines) is 1. The zero-order chi connectivity index (χ0) is 18.0. The third kappa shape index (κ3) is 3.72. The molecule has 2 amide bonds. The highest BCUT2D eigenvalue weighted by Gasteiger charge is 2.53. The number of hydrogen-bond donors (Lipinski definition) is 1. The van der Waals surface area contributed by atoms with Gasteiger partial charge in [-0.05, 0) is 31.2 Å². The van der Waals surface area contributed by atoms with Gasteiger partial charge in [-0.25, -0.2) is 0 Å². The van der Waals surface area contributed by atoms with E-state index in [0.717, 1.165) is 12.2 Å².